The number of esters is 1. The fourth-order valence-electron chi connectivity index (χ4n) is 1.77. The van der Waals surface area contributed by atoms with Crippen LogP contribution in [-0.4, -0.2) is 32.2 Å². The average molecular weight is 250 g/mol. The highest BCUT2D eigenvalue weighted by Gasteiger charge is 2.03. The third-order valence-electron chi connectivity index (χ3n) is 2.74. The minimum absolute atomic E-state index is 0.207. The molecule has 0 atom stereocenters. The summed E-state index contributed by atoms with van der Waals surface area (Å²) in [6.07, 6.45) is 0. The summed E-state index contributed by atoms with van der Waals surface area (Å²) in [5.74, 6) is -0.231. The normalized spacial score (nSPS) is 9.94. The van der Waals surface area contributed by atoms with Crippen molar-refractivity contribution in [1.29, 1.82) is 0 Å². The third kappa shape index (κ3) is 4.28. The Kier molecular flexibility index (Phi) is 6.05. The quantitative estimate of drug-likeness (QED) is 0.755. The number of ether oxygens (including phenoxy) is 1. The van der Waals surface area contributed by atoms with Crippen LogP contribution in [0.2, 0.25) is 0 Å². The van der Waals surface area contributed by atoms with Gasteiger partial charge in [0.2, 0.25) is 0 Å². The molecule has 4 nitrogen and oxygen atoms in total. The summed E-state index contributed by atoms with van der Waals surface area (Å²) < 4.78 is 4.85. The first-order chi connectivity index (χ1) is 8.71. The van der Waals surface area contributed by atoms with Gasteiger partial charge in [-0.05, 0) is 45.0 Å². The highest BCUT2D eigenvalue weighted by molar-refractivity contribution is 5.75. The van der Waals surface area contributed by atoms with Crippen molar-refractivity contribution >= 4 is 17.3 Å². The number of rotatable bonds is 7. The lowest BCUT2D eigenvalue weighted by Gasteiger charge is -2.21. The molecule has 0 unspecified atom stereocenters. The van der Waals surface area contributed by atoms with Gasteiger partial charge in [-0.3, -0.25) is 4.79 Å². The molecular weight excluding hydrogens is 228 g/mol. The number of carbonyl (C=O) groups is 1. The van der Waals surface area contributed by atoms with Gasteiger partial charge >= 0.3 is 5.97 Å². The molecule has 0 saturated carbocycles. The van der Waals surface area contributed by atoms with Crippen LogP contribution in [0.1, 0.15) is 20.8 Å². The summed E-state index contributed by atoms with van der Waals surface area (Å²) >= 11 is 0. The smallest absolute Gasteiger partial charge is 0.325 e. The molecule has 1 N–H and O–H groups in total. The lowest BCUT2D eigenvalue weighted by molar-refractivity contribution is -0.140. The Bertz CT molecular complexity index is 359. The lowest BCUT2D eigenvalue weighted by Crippen LogP contribution is -2.21. The summed E-state index contributed by atoms with van der Waals surface area (Å²) in [5.41, 5.74) is 2.13. The Morgan fingerprint density at radius 3 is 2.28 bits per heavy atom. The maximum absolute atomic E-state index is 11.2. The van der Waals surface area contributed by atoms with Crippen LogP contribution in [0.3, 0.4) is 0 Å². The molecule has 4 heteroatoms. The van der Waals surface area contributed by atoms with E-state index in [1.54, 1.807) is 6.92 Å². The van der Waals surface area contributed by atoms with Crippen molar-refractivity contribution in [3.8, 4) is 0 Å². The van der Waals surface area contributed by atoms with Crippen LogP contribution in [0.15, 0.2) is 24.3 Å². The Morgan fingerprint density at radius 2 is 1.78 bits per heavy atom. The number of anilines is 2. The van der Waals surface area contributed by atoms with Gasteiger partial charge in [-0.25, -0.2) is 0 Å². The van der Waals surface area contributed by atoms with Gasteiger partial charge in [0.15, 0.2) is 0 Å². The van der Waals surface area contributed by atoms with Crippen molar-refractivity contribution in [2.24, 2.45) is 0 Å². The fraction of sp³-hybridized carbons (Fsp3) is 0.500. The van der Waals surface area contributed by atoms with E-state index in [4.69, 9.17) is 4.74 Å². The molecule has 0 spiro atoms. The van der Waals surface area contributed by atoms with Gasteiger partial charge in [0.1, 0.15) is 6.54 Å². The molecule has 0 aliphatic carbocycles. The number of hydrogen-bond acceptors (Lipinski definition) is 4. The van der Waals surface area contributed by atoms with Gasteiger partial charge < -0.3 is 15.0 Å². The van der Waals surface area contributed by atoms with Gasteiger partial charge in [0.05, 0.1) is 6.61 Å². The van der Waals surface area contributed by atoms with Crippen LogP contribution in [0.25, 0.3) is 0 Å². The summed E-state index contributed by atoms with van der Waals surface area (Å²) in [6.45, 7) is 8.68. The highest BCUT2D eigenvalue weighted by Crippen LogP contribution is 2.17. The molecule has 18 heavy (non-hydrogen) atoms. The molecule has 1 aromatic rings. The first kappa shape index (κ1) is 14.4. The minimum atomic E-state index is -0.231. The second-order valence-electron chi connectivity index (χ2n) is 3.88. The number of carbonyl (C=O) groups excluding carboxylic acids is 1. The van der Waals surface area contributed by atoms with Crippen molar-refractivity contribution in [2.45, 2.75) is 20.8 Å². The molecule has 0 aliphatic heterocycles. The molecule has 0 bridgehead atoms. The van der Waals surface area contributed by atoms with E-state index in [0.717, 1.165) is 18.8 Å². The largest absolute Gasteiger partial charge is 0.465 e. The van der Waals surface area contributed by atoms with Crippen LogP contribution in [0.4, 0.5) is 11.4 Å². The Labute approximate surface area is 109 Å². The van der Waals surface area contributed by atoms with Crippen molar-refractivity contribution in [3.63, 3.8) is 0 Å². The van der Waals surface area contributed by atoms with Crippen LogP contribution in [0.5, 0.6) is 0 Å². The van der Waals surface area contributed by atoms with E-state index in [1.807, 2.05) is 12.1 Å². The third-order valence-corrected chi connectivity index (χ3v) is 2.74. The fourth-order valence-corrected chi connectivity index (χ4v) is 1.77. The number of hydrogen-bond donors (Lipinski definition) is 1. The standard InChI is InChI=1S/C14H22N2O2/c1-4-16(5-2)13-9-7-12(8-10-13)15-11-14(17)18-6-3/h7-10,15H,4-6,11H2,1-3H3. The molecule has 0 saturated heterocycles. The zero-order valence-corrected chi connectivity index (χ0v) is 11.4. The molecule has 100 valence electrons. The van der Waals surface area contributed by atoms with E-state index >= 15 is 0 Å². The van der Waals surface area contributed by atoms with Crippen molar-refractivity contribution in [2.75, 3.05) is 36.5 Å². The summed E-state index contributed by atoms with van der Waals surface area (Å²) in [4.78, 5) is 13.5. The maximum atomic E-state index is 11.2. The predicted molar refractivity (Wildman–Crippen MR) is 75.1 cm³/mol. The lowest BCUT2D eigenvalue weighted by atomic mass is 10.2. The van der Waals surface area contributed by atoms with E-state index in [-0.39, 0.29) is 12.5 Å². The monoisotopic (exact) mass is 250 g/mol. The maximum Gasteiger partial charge on any atom is 0.325 e. The van der Waals surface area contributed by atoms with Gasteiger partial charge in [-0.2, -0.15) is 0 Å². The van der Waals surface area contributed by atoms with Gasteiger partial charge in [-0.15, -0.1) is 0 Å². The van der Waals surface area contributed by atoms with E-state index in [1.165, 1.54) is 5.69 Å². The molecule has 0 aliphatic rings. The molecule has 0 radical (unpaired) electrons. The van der Waals surface area contributed by atoms with Gasteiger partial charge in [0.25, 0.3) is 0 Å². The Morgan fingerprint density at radius 1 is 1.17 bits per heavy atom. The molecule has 0 aromatic heterocycles. The van der Waals surface area contributed by atoms with Crippen molar-refractivity contribution in [3.05, 3.63) is 24.3 Å². The van der Waals surface area contributed by atoms with E-state index in [9.17, 15) is 4.79 Å². The summed E-state index contributed by atoms with van der Waals surface area (Å²) in [5, 5.41) is 3.04. The molecule has 0 amide bonds. The second kappa shape index (κ2) is 7.58. The van der Waals surface area contributed by atoms with Crippen LogP contribution in [-0.2, 0) is 9.53 Å². The minimum Gasteiger partial charge on any atom is -0.465 e. The molecule has 1 rings (SSSR count). The van der Waals surface area contributed by atoms with E-state index < -0.39 is 0 Å². The first-order valence-electron chi connectivity index (χ1n) is 6.45. The Hall–Kier alpha value is -1.71. The topological polar surface area (TPSA) is 41.6 Å². The van der Waals surface area contributed by atoms with Crippen LogP contribution in [0, 0.1) is 0 Å². The number of nitrogens with one attached hydrogen (secondary N) is 1. The Balaban J connectivity index is 2.52. The summed E-state index contributed by atoms with van der Waals surface area (Å²) in [6, 6.07) is 8.07. The van der Waals surface area contributed by atoms with Crippen LogP contribution >= 0.6 is 0 Å². The van der Waals surface area contributed by atoms with Crippen LogP contribution < -0.4 is 10.2 Å². The average Bonchev–Trinajstić information content (AvgIpc) is 2.39. The highest BCUT2D eigenvalue weighted by atomic mass is 16.5. The molecular formula is C14H22N2O2. The zero-order chi connectivity index (χ0) is 13.4. The van der Waals surface area contributed by atoms with E-state index in [2.05, 4.69) is 36.2 Å². The van der Waals surface area contributed by atoms with Crippen molar-refractivity contribution in [1.82, 2.24) is 0 Å². The van der Waals surface area contributed by atoms with Crippen molar-refractivity contribution < 1.29 is 9.53 Å². The number of nitrogens with zero attached hydrogens (tertiary/aromatic N) is 1. The second-order valence-corrected chi connectivity index (χ2v) is 3.88. The summed E-state index contributed by atoms with van der Waals surface area (Å²) in [7, 11) is 0. The molecule has 0 heterocycles. The predicted octanol–water partition coefficient (Wildman–Crippen LogP) is 2.51. The SMILES string of the molecule is CCOC(=O)CNc1ccc(N(CC)CC)cc1. The zero-order valence-electron chi connectivity index (χ0n) is 11.4. The van der Waals surface area contributed by atoms with E-state index in [0.29, 0.717) is 6.61 Å². The van der Waals surface area contributed by atoms with Gasteiger partial charge in [-0.1, -0.05) is 0 Å². The number of benzene rings is 1. The van der Waals surface area contributed by atoms with Gasteiger partial charge in [0, 0.05) is 24.5 Å². The first-order valence-corrected chi connectivity index (χ1v) is 6.45. The molecule has 0 fully saturated rings. The molecule has 1 aromatic carbocycles.